The molecule has 1 N–H and O–H groups in total. The summed E-state index contributed by atoms with van der Waals surface area (Å²) >= 11 is 1.22. The maximum Gasteiger partial charge on any atom is 0.281 e. The van der Waals surface area contributed by atoms with Crippen LogP contribution in [0.5, 0.6) is 0 Å². The number of nitrogens with zero attached hydrogens (tertiary/aromatic N) is 2. The molecule has 1 heterocycles. The fraction of sp³-hybridized carbons (Fsp3) is 0. The summed E-state index contributed by atoms with van der Waals surface area (Å²) < 4.78 is 13.6. The van der Waals surface area contributed by atoms with Gasteiger partial charge in [-0.25, -0.2) is 9.82 Å². The minimum absolute atomic E-state index is 0.0263. The van der Waals surface area contributed by atoms with Gasteiger partial charge in [0.25, 0.3) is 11.6 Å². The molecule has 0 bridgehead atoms. The Hall–Kier alpha value is -3.13. The van der Waals surface area contributed by atoms with Crippen molar-refractivity contribution in [1.29, 1.82) is 0 Å². The van der Waals surface area contributed by atoms with Gasteiger partial charge >= 0.3 is 0 Å². The number of hydrogen-bond donors (Lipinski definition) is 1. The molecule has 0 fully saturated rings. The monoisotopic (exact) mass is 343 g/mol. The summed E-state index contributed by atoms with van der Waals surface area (Å²) in [6.07, 6.45) is 1.40. The average molecular weight is 343 g/mol. The highest BCUT2D eigenvalue weighted by molar-refractivity contribution is 7.20. The Morgan fingerprint density at radius 3 is 2.67 bits per heavy atom. The maximum absolute atomic E-state index is 12.8. The second kappa shape index (κ2) is 6.55. The molecule has 0 spiro atoms. The Balaban J connectivity index is 1.73. The van der Waals surface area contributed by atoms with Gasteiger partial charge in [0.1, 0.15) is 5.82 Å². The van der Waals surface area contributed by atoms with E-state index in [-0.39, 0.29) is 11.5 Å². The molecule has 0 unspecified atom stereocenters. The minimum atomic E-state index is -0.482. The lowest BCUT2D eigenvalue weighted by Gasteiger charge is -1.96. The lowest BCUT2D eigenvalue weighted by molar-refractivity contribution is -0.384. The Morgan fingerprint density at radius 2 is 1.96 bits per heavy atom. The molecule has 0 radical (unpaired) electrons. The van der Waals surface area contributed by atoms with Gasteiger partial charge in [-0.05, 0) is 29.8 Å². The van der Waals surface area contributed by atoms with Crippen molar-refractivity contribution in [2.24, 2.45) is 5.10 Å². The first-order valence-electron chi connectivity index (χ1n) is 6.80. The summed E-state index contributed by atoms with van der Waals surface area (Å²) in [5.74, 6) is -0.771. The first kappa shape index (κ1) is 15.8. The molecular weight excluding hydrogens is 333 g/mol. The van der Waals surface area contributed by atoms with E-state index in [0.717, 1.165) is 4.70 Å². The van der Waals surface area contributed by atoms with E-state index in [1.165, 1.54) is 53.9 Å². The number of amides is 1. The predicted octanol–water partition coefficient (Wildman–Crippen LogP) is 3.71. The molecule has 1 amide bonds. The fourth-order valence-electron chi connectivity index (χ4n) is 2.03. The number of nitrogens with one attached hydrogen (secondary N) is 1. The Labute approximate surface area is 139 Å². The molecule has 0 saturated heterocycles. The van der Waals surface area contributed by atoms with Crippen LogP contribution in [0.15, 0.2) is 53.6 Å². The first-order valence-corrected chi connectivity index (χ1v) is 7.61. The van der Waals surface area contributed by atoms with Crippen molar-refractivity contribution < 1.29 is 14.1 Å². The van der Waals surface area contributed by atoms with E-state index in [4.69, 9.17) is 0 Å². The minimum Gasteiger partial charge on any atom is -0.266 e. The molecule has 2 aromatic carbocycles. The topological polar surface area (TPSA) is 84.6 Å². The third-order valence-electron chi connectivity index (χ3n) is 3.18. The number of rotatable bonds is 4. The van der Waals surface area contributed by atoms with Crippen LogP contribution in [0.3, 0.4) is 0 Å². The normalized spacial score (nSPS) is 11.0. The van der Waals surface area contributed by atoms with Gasteiger partial charge in [-0.3, -0.25) is 14.9 Å². The van der Waals surface area contributed by atoms with E-state index in [9.17, 15) is 19.3 Å². The number of non-ortho nitro benzene ring substituents is 1. The van der Waals surface area contributed by atoms with Crippen LogP contribution < -0.4 is 5.43 Å². The van der Waals surface area contributed by atoms with Crippen molar-refractivity contribution >= 4 is 39.2 Å². The zero-order valence-corrected chi connectivity index (χ0v) is 12.9. The Kier molecular flexibility index (Phi) is 4.30. The lowest BCUT2D eigenvalue weighted by Crippen LogP contribution is -2.16. The van der Waals surface area contributed by atoms with E-state index in [2.05, 4.69) is 10.5 Å². The van der Waals surface area contributed by atoms with Crippen molar-refractivity contribution in [3.05, 3.63) is 74.9 Å². The van der Waals surface area contributed by atoms with Crippen LogP contribution in [-0.2, 0) is 0 Å². The van der Waals surface area contributed by atoms with Gasteiger partial charge in [0, 0.05) is 22.2 Å². The van der Waals surface area contributed by atoms with Gasteiger partial charge in [0.2, 0.25) is 0 Å². The quantitative estimate of drug-likeness (QED) is 0.445. The van der Waals surface area contributed by atoms with Gasteiger partial charge in [-0.1, -0.05) is 12.1 Å². The third kappa shape index (κ3) is 3.44. The first-order chi connectivity index (χ1) is 11.5. The molecule has 1 aromatic heterocycles. The van der Waals surface area contributed by atoms with E-state index < -0.39 is 10.8 Å². The highest BCUT2D eigenvalue weighted by Crippen LogP contribution is 2.28. The zero-order valence-electron chi connectivity index (χ0n) is 12.1. The van der Waals surface area contributed by atoms with Gasteiger partial charge in [0.15, 0.2) is 0 Å². The number of carbonyl (C=O) groups excluding carboxylic acids is 1. The standard InChI is InChI=1S/C16H10FN3O3S/c17-12-3-1-10(2-4-12)9-18-19-16(21)15-8-11-7-13(20(22)23)5-6-14(11)24-15/h1-9H,(H,19,21). The number of fused-ring (bicyclic) bond motifs is 1. The van der Waals surface area contributed by atoms with E-state index in [1.807, 2.05) is 0 Å². The fourth-order valence-corrected chi connectivity index (χ4v) is 2.96. The van der Waals surface area contributed by atoms with Crippen molar-refractivity contribution in [3.8, 4) is 0 Å². The average Bonchev–Trinajstić information content (AvgIpc) is 2.99. The van der Waals surface area contributed by atoms with Crippen molar-refractivity contribution in [3.63, 3.8) is 0 Å². The van der Waals surface area contributed by atoms with Crippen LogP contribution in [0.25, 0.3) is 10.1 Å². The SMILES string of the molecule is O=C(NN=Cc1ccc(F)cc1)c1cc2cc([N+](=O)[O-])ccc2s1. The predicted molar refractivity (Wildman–Crippen MR) is 89.9 cm³/mol. The molecule has 3 rings (SSSR count). The van der Waals surface area contributed by atoms with Crippen LogP contribution >= 0.6 is 11.3 Å². The molecule has 0 atom stereocenters. The smallest absolute Gasteiger partial charge is 0.266 e. The van der Waals surface area contributed by atoms with E-state index in [0.29, 0.717) is 15.8 Å². The number of nitro groups is 1. The molecule has 120 valence electrons. The molecule has 24 heavy (non-hydrogen) atoms. The summed E-state index contributed by atoms with van der Waals surface area (Å²) in [4.78, 5) is 22.7. The largest absolute Gasteiger partial charge is 0.281 e. The summed E-state index contributed by atoms with van der Waals surface area (Å²) in [6, 6.07) is 11.7. The van der Waals surface area contributed by atoms with E-state index in [1.54, 1.807) is 12.1 Å². The molecule has 0 aliphatic rings. The maximum atomic E-state index is 12.8. The number of thiophene rings is 1. The summed E-state index contributed by atoms with van der Waals surface area (Å²) in [5, 5.41) is 15.2. The van der Waals surface area contributed by atoms with Crippen LogP contribution in [0, 0.1) is 15.9 Å². The highest BCUT2D eigenvalue weighted by atomic mass is 32.1. The van der Waals surface area contributed by atoms with Gasteiger partial charge in [-0.15, -0.1) is 11.3 Å². The lowest BCUT2D eigenvalue weighted by atomic mass is 10.2. The number of hydrazone groups is 1. The van der Waals surface area contributed by atoms with Gasteiger partial charge in [0.05, 0.1) is 16.0 Å². The molecule has 6 nitrogen and oxygen atoms in total. The molecular formula is C16H10FN3O3S. The zero-order chi connectivity index (χ0) is 17.1. The van der Waals surface area contributed by atoms with Crippen LogP contribution in [0.4, 0.5) is 10.1 Å². The summed E-state index contributed by atoms with van der Waals surface area (Å²) in [7, 11) is 0. The van der Waals surface area contributed by atoms with Gasteiger partial charge < -0.3 is 0 Å². The third-order valence-corrected chi connectivity index (χ3v) is 4.30. The molecule has 0 aliphatic heterocycles. The number of nitro benzene ring substituents is 1. The van der Waals surface area contributed by atoms with E-state index >= 15 is 0 Å². The van der Waals surface area contributed by atoms with Crippen LogP contribution in [-0.4, -0.2) is 17.0 Å². The van der Waals surface area contributed by atoms with Crippen molar-refractivity contribution in [2.75, 3.05) is 0 Å². The summed E-state index contributed by atoms with van der Waals surface area (Å²) in [5.41, 5.74) is 2.99. The number of halogens is 1. The second-order valence-electron chi connectivity index (χ2n) is 4.84. The molecule has 3 aromatic rings. The highest BCUT2D eigenvalue weighted by Gasteiger charge is 2.12. The Bertz CT molecular complexity index is 951. The van der Waals surface area contributed by atoms with Crippen molar-refractivity contribution in [2.45, 2.75) is 0 Å². The Morgan fingerprint density at radius 1 is 1.21 bits per heavy atom. The van der Waals surface area contributed by atoms with Crippen molar-refractivity contribution in [1.82, 2.24) is 5.43 Å². The molecule has 8 heteroatoms. The van der Waals surface area contributed by atoms with Crippen LogP contribution in [0.1, 0.15) is 15.2 Å². The molecule has 0 aliphatic carbocycles. The number of carbonyl (C=O) groups is 1. The van der Waals surface area contributed by atoms with Crippen LogP contribution in [0.2, 0.25) is 0 Å². The second-order valence-corrected chi connectivity index (χ2v) is 5.92. The molecule has 0 saturated carbocycles. The summed E-state index contributed by atoms with van der Waals surface area (Å²) in [6.45, 7) is 0. The number of benzene rings is 2. The number of hydrogen-bond acceptors (Lipinski definition) is 5. The van der Waals surface area contributed by atoms with Gasteiger partial charge in [-0.2, -0.15) is 5.10 Å².